The van der Waals surface area contributed by atoms with E-state index in [2.05, 4.69) is 28.3 Å². The Hall–Kier alpha value is -3.79. The Morgan fingerprint density at radius 2 is 1.81 bits per heavy atom. The van der Waals surface area contributed by atoms with Gasteiger partial charge in [0.1, 0.15) is 17.2 Å². The zero-order chi connectivity index (χ0) is 31.1. The minimum atomic E-state index is -0.597. The van der Waals surface area contributed by atoms with Gasteiger partial charge in [0.05, 0.1) is 17.9 Å². The summed E-state index contributed by atoms with van der Waals surface area (Å²) >= 11 is 0. The molecule has 2 atom stereocenters. The van der Waals surface area contributed by atoms with Crippen molar-refractivity contribution in [2.75, 3.05) is 31.1 Å². The van der Waals surface area contributed by atoms with Gasteiger partial charge in [-0.05, 0) is 70.4 Å². The number of fused-ring (bicyclic) bond motifs is 1. The number of benzene rings is 1. The summed E-state index contributed by atoms with van der Waals surface area (Å²) in [5.74, 6) is 0.610. The van der Waals surface area contributed by atoms with Gasteiger partial charge in [-0.15, -0.1) is 0 Å². The van der Waals surface area contributed by atoms with E-state index in [-0.39, 0.29) is 41.9 Å². The Morgan fingerprint density at radius 1 is 1.09 bits per heavy atom. The Morgan fingerprint density at radius 3 is 2.47 bits per heavy atom. The van der Waals surface area contributed by atoms with Crippen molar-refractivity contribution in [3.8, 4) is 0 Å². The molecule has 1 aromatic carbocycles. The molecule has 3 aromatic rings. The molecule has 2 aliphatic rings. The largest absolute Gasteiger partial charge is 0.444 e. The van der Waals surface area contributed by atoms with Crippen LogP contribution >= 0.6 is 0 Å². The van der Waals surface area contributed by atoms with Gasteiger partial charge in [0, 0.05) is 62.3 Å². The number of anilines is 1. The zero-order valence-corrected chi connectivity index (χ0v) is 26.3. The molecule has 9 nitrogen and oxygen atoms in total. The van der Waals surface area contributed by atoms with E-state index >= 15 is 0 Å². The highest BCUT2D eigenvalue weighted by Gasteiger charge is 2.42. The highest BCUT2D eigenvalue weighted by molar-refractivity contribution is 5.97. The average molecular weight is 591 g/mol. The molecular formula is C33H43FN6O3. The third kappa shape index (κ3) is 6.90. The van der Waals surface area contributed by atoms with Crippen LogP contribution in [0, 0.1) is 12.7 Å². The fraction of sp³-hybridized carbons (Fsp3) is 0.515. The Labute approximate surface area is 253 Å². The lowest BCUT2D eigenvalue weighted by molar-refractivity contribution is -0.121. The minimum absolute atomic E-state index is 0.00201. The van der Waals surface area contributed by atoms with Gasteiger partial charge in [0.15, 0.2) is 0 Å². The number of amides is 2. The molecule has 0 unspecified atom stereocenters. The summed E-state index contributed by atoms with van der Waals surface area (Å²) in [7, 11) is 0. The van der Waals surface area contributed by atoms with Crippen LogP contribution in [-0.2, 0) is 27.9 Å². The molecule has 10 heteroatoms. The molecular weight excluding hydrogens is 547 g/mol. The molecule has 0 spiro atoms. The van der Waals surface area contributed by atoms with Gasteiger partial charge in [0.2, 0.25) is 5.91 Å². The quantitative estimate of drug-likeness (QED) is 0.404. The van der Waals surface area contributed by atoms with Gasteiger partial charge < -0.3 is 19.1 Å². The van der Waals surface area contributed by atoms with Gasteiger partial charge in [-0.2, -0.15) is 0 Å². The summed E-state index contributed by atoms with van der Waals surface area (Å²) in [6.07, 6.45) is 5.81. The smallest absolute Gasteiger partial charge is 0.410 e. The van der Waals surface area contributed by atoms with Gasteiger partial charge in [-0.25, -0.2) is 14.2 Å². The van der Waals surface area contributed by atoms with Crippen molar-refractivity contribution in [3.63, 3.8) is 0 Å². The van der Waals surface area contributed by atoms with Crippen molar-refractivity contribution in [1.29, 1.82) is 0 Å². The van der Waals surface area contributed by atoms with Crippen molar-refractivity contribution in [1.82, 2.24) is 24.3 Å². The number of hydrogen-bond donors (Lipinski definition) is 0. The molecule has 2 aliphatic heterocycles. The first kappa shape index (κ1) is 30.7. The molecule has 5 rings (SSSR count). The number of imidazole rings is 1. The Bertz CT molecular complexity index is 1480. The third-order valence-corrected chi connectivity index (χ3v) is 8.28. The summed E-state index contributed by atoms with van der Waals surface area (Å²) in [6, 6.07) is 8.27. The number of aromatic nitrogens is 3. The molecule has 0 saturated carbocycles. The van der Waals surface area contributed by atoms with Crippen LogP contribution in [0.5, 0.6) is 0 Å². The van der Waals surface area contributed by atoms with Crippen LogP contribution in [0.3, 0.4) is 0 Å². The van der Waals surface area contributed by atoms with E-state index in [4.69, 9.17) is 9.72 Å². The number of rotatable bonds is 6. The summed E-state index contributed by atoms with van der Waals surface area (Å²) < 4.78 is 21.2. The minimum Gasteiger partial charge on any atom is -0.444 e. The maximum Gasteiger partial charge on any atom is 0.410 e. The summed E-state index contributed by atoms with van der Waals surface area (Å²) in [5.41, 5.74) is 2.78. The molecule has 0 N–H and O–H groups in total. The first-order chi connectivity index (χ1) is 20.2. The predicted molar refractivity (Wildman–Crippen MR) is 164 cm³/mol. The molecule has 2 amide bonds. The molecule has 0 bridgehead atoms. The van der Waals surface area contributed by atoms with Crippen LogP contribution in [0.4, 0.5) is 14.9 Å². The van der Waals surface area contributed by atoms with Gasteiger partial charge in [-0.1, -0.05) is 26.0 Å². The van der Waals surface area contributed by atoms with Gasteiger partial charge in [-0.3, -0.25) is 14.7 Å². The van der Waals surface area contributed by atoms with Gasteiger partial charge in [0.25, 0.3) is 0 Å². The highest BCUT2D eigenvalue weighted by atomic mass is 19.1. The van der Waals surface area contributed by atoms with Crippen molar-refractivity contribution in [2.45, 2.75) is 84.5 Å². The fourth-order valence-corrected chi connectivity index (χ4v) is 6.07. The number of carbonyl (C=O) groups excluding carboxylic acids is 2. The Kier molecular flexibility index (Phi) is 8.35. The topological polar surface area (TPSA) is 83.8 Å². The normalized spacial score (nSPS) is 20.3. The van der Waals surface area contributed by atoms with Crippen LogP contribution in [0.1, 0.15) is 64.2 Å². The first-order valence-electron chi connectivity index (χ1n) is 15.0. The predicted octanol–water partition coefficient (Wildman–Crippen LogP) is 4.95. The maximum absolute atomic E-state index is 14.1. The highest BCUT2D eigenvalue weighted by Crippen LogP contribution is 2.40. The lowest BCUT2D eigenvalue weighted by atomic mass is 9.91. The van der Waals surface area contributed by atoms with E-state index in [1.165, 1.54) is 12.1 Å². The number of ether oxygens (including phenoxy) is 1. The number of halogens is 1. The number of carbonyl (C=O) groups is 2. The van der Waals surface area contributed by atoms with Crippen molar-refractivity contribution in [2.24, 2.45) is 0 Å². The van der Waals surface area contributed by atoms with E-state index in [1.54, 1.807) is 23.2 Å². The van der Waals surface area contributed by atoms with Crippen molar-refractivity contribution >= 4 is 17.7 Å². The second-order valence-electron chi connectivity index (χ2n) is 13.6. The van der Waals surface area contributed by atoms with E-state index in [0.717, 1.165) is 28.3 Å². The number of pyridine rings is 1. The second-order valence-corrected chi connectivity index (χ2v) is 13.6. The van der Waals surface area contributed by atoms with E-state index in [9.17, 15) is 14.0 Å². The molecule has 0 radical (unpaired) electrons. The molecule has 0 aliphatic carbocycles. The number of piperazine rings is 1. The van der Waals surface area contributed by atoms with Crippen LogP contribution in [0.15, 0.2) is 48.9 Å². The first-order valence-corrected chi connectivity index (χ1v) is 15.0. The van der Waals surface area contributed by atoms with Crippen LogP contribution in [-0.4, -0.2) is 80.2 Å². The van der Waals surface area contributed by atoms with Crippen LogP contribution < -0.4 is 4.90 Å². The number of aryl methyl sites for hydroxylation is 1. The summed E-state index contributed by atoms with van der Waals surface area (Å²) in [6.45, 7) is 16.1. The SMILES string of the molecule is Cc1nccn1C[C@@H]1CN(C(=O)OC(C)(C)C)[C@H](C)CN1CC(=O)N1CC(C)(C)c2ncc(Cc3ccc(F)cc3)cc21. The average Bonchev–Trinajstić information content (AvgIpc) is 3.44. The summed E-state index contributed by atoms with van der Waals surface area (Å²) in [4.78, 5) is 42.2. The van der Waals surface area contributed by atoms with Crippen LogP contribution in [0.2, 0.25) is 0 Å². The van der Waals surface area contributed by atoms with E-state index < -0.39 is 5.60 Å². The third-order valence-electron chi connectivity index (χ3n) is 8.28. The fourth-order valence-electron chi connectivity index (χ4n) is 6.07. The number of hydrogen-bond acceptors (Lipinski definition) is 6. The maximum atomic E-state index is 14.1. The molecule has 1 fully saturated rings. The summed E-state index contributed by atoms with van der Waals surface area (Å²) in [5, 5.41) is 0. The second kappa shape index (κ2) is 11.7. The van der Waals surface area contributed by atoms with Gasteiger partial charge >= 0.3 is 6.09 Å². The zero-order valence-electron chi connectivity index (χ0n) is 26.3. The van der Waals surface area contributed by atoms with E-state index in [0.29, 0.717) is 32.6 Å². The van der Waals surface area contributed by atoms with Crippen molar-refractivity contribution in [3.05, 3.63) is 77.4 Å². The van der Waals surface area contributed by atoms with Crippen LogP contribution in [0.25, 0.3) is 0 Å². The Balaban J connectivity index is 1.37. The molecule has 1 saturated heterocycles. The number of nitrogens with zero attached hydrogens (tertiary/aromatic N) is 6. The molecule has 4 heterocycles. The standard InChI is InChI=1S/C33H43FN6O3/c1-22-17-38(27(18-37-13-12-35-23(37)2)19-39(22)31(42)43-32(3,4)5)20-29(41)40-21-33(6,7)30-28(40)15-25(16-36-30)14-24-8-10-26(34)11-9-24/h8-13,15-16,22,27H,14,17-21H2,1-7H3/t22-,27-/m1/s1. The van der Waals surface area contributed by atoms with Crippen molar-refractivity contribution < 1.29 is 18.7 Å². The lowest BCUT2D eigenvalue weighted by Gasteiger charge is -2.45. The molecule has 230 valence electrons. The van der Waals surface area contributed by atoms with E-state index in [1.807, 2.05) is 58.0 Å². The lowest BCUT2D eigenvalue weighted by Crippen LogP contribution is -2.62. The molecule has 2 aromatic heterocycles. The molecule has 43 heavy (non-hydrogen) atoms. The monoisotopic (exact) mass is 590 g/mol.